The normalized spacial score (nSPS) is 31.1. The molecular weight excluding hydrogens is 1060 g/mol. The molecule has 4 aliphatic heterocycles. The molecule has 2 aromatic heterocycles. The number of nitrogens with zero attached hydrogens (tertiary/aromatic N) is 6. The van der Waals surface area contributed by atoms with E-state index in [-0.39, 0.29) is 71.0 Å². The molecule has 1 spiro atoms. The Morgan fingerprint density at radius 1 is 1.05 bits per heavy atom. The fraction of sp³-hybridized carbons (Fsp3) is 0.617. The van der Waals surface area contributed by atoms with Crippen LogP contribution in [0.25, 0.3) is 11.3 Å². The van der Waals surface area contributed by atoms with E-state index in [0.717, 1.165) is 24.0 Å². The van der Waals surface area contributed by atoms with Crippen LogP contribution in [0.5, 0.6) is 6.01 Å². The lowest BCUT2D eigenvalue weighted by molar-refractivity contribution is -0.384. The summed E-state index contributed by atoms with van der Waals surface area (Å²) in [4.78, 5) is 62.2. The average molecular weight is 1140 g/mol. The van der Waals surface area contributed by atoms with Gasteiger partial charge in [0.25, 0.3) is 5.69 Å². The van der Waals surface area contributed by atoms with Crippen molar-refractivity contribution in [2.24, 2.45) is 23.7 Å². The first-order valence-electron chi connectivity index (χ1n) is 28.5. The Morgan fingerprint density at radius 3 is 2.51 bits per heavy atom. The van der Waals surface area contributed by atoms with Gasteiger partial charge in [-0.1, -0.05) is 103 Å². The average Bonchev–Trinajstić information content (AvgIpc) is 3.08. The van der Waals surface area contributed by atoms with Gasteiger partial charge in [-0.15, -0.1) is 5.10 Å². The standard InChI is InChI=1S/C60H82N6O14Si/c1-15-35(4)52-38(7)24-25-59(79-52)29-46-28-45(78-59)23-22-37(6)51(36(5)18-16-20-42-32-73-54-53(80-81(13,14)58(10,11)12)39(8)26-47(55(68)76-46)60(42,54)70)77-48(67)31-65-30-43(63-64-65)33-74-57-61-40(9)49(56(69)75-34(2)3)50(62-57)41-19-17-21-44(27-41)66(71)72/h16-22,26-27,30,34-36,38,45-47,51-54,70H,15,23-25,28-29,31-33H2,1-14H3/b18-16+,37-22+,42-20+/t35-,36-,38-,45+,46-,47-,51-,52+,53+,54+,59+,60+/m0/s1. The molecule has 20 nitrogen and oxygen atoms in total. The van der Waals surface area contributed by atoms with E-state index in [4.69, 9.17) is 37.6 Å². The van der Waals surface area contributed by atoms with Crippen molar-refractivity contribution in [2.45, 2.75) is 207 Å². The Balaban J connectivity index is 1.06. The molecule has 0 saturated carbocycles. The van der Waals surface area contributed by atoms with Crippen molar-refractivity contribution < 1.29 is 62.0 Å². The Bertz CT molecular complexity index is 2960. The summed E-state index contributed by atoms with van der Waals surface area (Å²) in [5.74, 6) is -3.77. The molecule has 1 N–H and O–H groups in total. The predicted octanol–water partition coefficient (Wildman–Crippen LogP) is 10.2. The molecule has 81 heavy (non-hydrogen) atoms. The van der Waals surface area contributed by atoms with Gasteiger partial charge in [-0.25, -0.2) is 9.48 Å². The van der Waals surface area contributed by atoms with Crippen LogP contribution in [0.2, 0.25) is 18.1 Å². The third-order valence-corrected chi connectivity index (χ3v) is 21.5. The van der Waals surface area contributed by atoms with Crippen molar-refractivity contribution in [2.75, 3.05) is 6.61 Å². The molecule has 0 amide bonds. The van der Waals surface area contributed by atoms with E-state index in [2.05, 4.69) is 74.9 Å². The number of rotatable bonds is 14. The molecule has 3 fully saturated rings. The van der Waals surface area contributed by atoms with Gasteiger partial charge in [0.1, 0.15) is 54.2 Å². The van der Waals surface area contributed by atoms with Gasteiger partial charge >= 0.3 is 23.9 Å². The lowest BCUT2D eigenvalue weighted by atomic mass is 9.71. The second-order valence-electron chi connectivity index (χ2n) is 24.7. The predicted molar refractivity (Wildman–Crippen MR) is 302 cm³/mol. The van der Waals surface area contributed by atoms with Crippen LogP contribution in [0.4, 0.5) is 5.69 Å². The number of hydrogen-bond donors (Lipinski definition) is 1. The molecule has 3 saturated heterocycles. The number of fused-ring (bicyclic) bond motifs is 2. The number of non-ortho nitro benzene ring substituents is 1. The summed E-state index contributed by atoms with van der Waals surface area (Å²) in [7, 11) is -2.42. The number of nitro groups is 1. The quantitative estimate of drug-likeness (QED) is 0.0394. The van der Waals surface area contributed by atoms with Crippen molar-refractivity contribution in [3.8, 4) is 17.3 Å². The first-order valence-corrected chi connectivity index (χ1v) is 31.4. The molecule has 1 aromatic carbocycles. The number of nitro benzene ring substituents is 1. The fourth-order valence-corrected chi connectivity index (χ4v) is 12.7. The molecule has 440 valence electrons. The largest absolute Gasteiger partial charge is 0.462 e. The Hall–Kier alpha value is -5.97. The monoisotopic (exact) mass is 1140 g/mol. The number of carbonyl (C=O) groups excluding carboxylic acids is 3. The maximum absolute atomic E-state index is 14.9. The number of carbonyl (C=O) groups is 3. The molecule has 0 radical (unpaired) electrons. The number of esters is 3. The zero-order valence-corrected chi connectivity index (χ0v) is 50.4. The number of aliphatic hydroxyl groups is 1. The number of aromatic nitrogens is 5. The second-order valence-corrected chi connectivity index (χ2v) is 29.4. The van der Waals surface area contributed by atoms with Gasteiger partial charge in [0.15, 0.2) is 14.1 Å². The molecule has 8 rings (SSSR count). The fourth-order valence-electron chi connectivity index (χ4n) is 11.4. The van der Waals surface area contributed by atoms with E-state index < -0.39 is 91.0 Å². The first kappa shape index (κ1) is 61.1. The summed E-state index contributed by atoms with van der Waals surface area (Å²) in [6, 6.07) is 5.58. The SMILES string of the molecule is CC[C@H](C)[C@H]1O[C@]2(CC[C@@H]1C)C[C@@H]1C[C@@H](C/C=C(\C)[C@@H](OC(=O)Cn3cc(COc4nc(C)c(C(=O)OC(C)C)c(-c5cccc([N+](=O)[O-])c5)n4)nn3)[C@@H](C)/C=C/C=C3\CO[C@@H]4[C@H](O[Si](C)(C)C(C)(C)C)C(C)=C[C@@H](C(=O)O1)[C@]34O)O2. The highest BCUT2D eigenvalue weighted by atomic mass is 28.4. The molecule has 2 bridgehead atoms. The second kappa shape index (κ2) is 24.5. The minimum absolute atomic E-state index is 0.0355. The minimum Gasteiger partial charge on any atom is -0.462 e. The van der Waals surface area contributed by atoms with E-state index in [0.29, 0.717) is 42.9 Å². The van der Waals surface area contributed by atoms with Crippen LogP contribution < -0.4 is 4.74 Å². The highest BCUT2D eigenvalue weighted by Gasteiger charge is 2.62. The van der Waals surface area contributed by atoms with Crippen LogP contribution in [0.15, 0.2) is 77.6 Å². The van der Waals surface area contributed by atoms with E-state index in [1.54, 1.807) is 32.9 Å². The van der Waals surface area contributed by atoms with Gasteiger partial charge in [-0.3, -0.25) is 19.7 Å². The molecule has 1 aliphatic carbocycles. The molecule has 3 aromatic rings. The highest BCUT2D eigenvalue weighted by molar-refractivity contribution is 6.74. The smallest absolute Gasteiger partial charge is 0.342 e. The zero-order valence-electron chi connectivity index (χ0n) is 49.4. The Kier molecular flexibility index (Phi) is 18.5. The number of ether oxygens (including phenoxy) is 7. The van der Waals surface area contributed by atoms with Crippen molar-refractivity contribution in [1.29, 1.82) is 0 Å². The van der Waals surface area contributed by atoms with E-state index in [1.807, 2.05) is 45.1 Å². The molecule has 21 heteroatoms. The lowest BCUT2D eigenvalue weighted by Crippen LogP contribution is -2.60. The first-order chi connectivity index (χ1) is 38.1. The summed E-state index contributed by atoms with van der Waals surface area (Å²) >= 11 is 0. The molecule has 6 heterocycles. The van der Waals surface area contributed by atoms with Crippen molar-refractivity contribution >= 4 is 31.9 Å². The topological polar surface area (TPSA) is 245 Å². The molecule has 12 atom stereocenters. The van der Waals surface area contributed by atoms with Crippen LogP contribution in [0.1, 0.15) is 136 Å². The van der Waals surface area contributed by atoms with E-state index in [9.17, 15) is 29.6 Å². The lowest BCUT2D eigenvalue weighted by Gasteiger charge is -2.51. The van der Waals surface area contributed by atoms with Gasteiger partial charge < -0.3 is 42.7 Å². The van der Waals surface area contributed by atoms with E-state index in [1.165, 1.54) is 29.1 Å². The summed E-state index contributed by atoms with van der Waals surface area (Å²) in [6.45, 7) is 27.7. The van der Waals surface area contributed by atoms with Crippen molar-refractivity contribution in [3.63, 3.8) is 0 Å². The van der Waals surface area contributed by atoms with Gasteiger partial charge in [0.05, 0.1) is 53.5 Å². The number of allylic oxidation sites excluding steroid dienone is 2. The van der Waals surface area contributed by atoms with E-state index >= 15 is 0 Å². The summed E-state index contributed by atoms with van der Waals surface area (Å²) in [5, 5.41) is 33.1. The number of hydrogen-bond acceptors (Lipinski definition) is 18. The maximum atomic E-state index is 14.9. The van der Waals surface area contributed by atoms with Gasteiger partial charge in [-0.2, -0.15) is 9.97 Å². The summed E-state index contributed by atoms with van der Waals surface area (Å²) < 4.78 is 53.2. The maximum Gasteiger partial charge on any atom is 0.342 e. The van der Waals surface area contributed by atoms with Crippen LogP contribution in [-0.4, -0.2) is 122 Å². The van der Waals surface area contributed by atoms with Crippen molar-refractivity contribution in [3.05, 3.63) is 105 Å². The van der Waals surface area contributed by atoms with Crippen LogP contribution >= 0.6 is 0 Å². The Labute approximate surface area is 476 Å². The molecule has 0 unspecified atom stereocenters. The molecular formula is C60H82N6O14Si. The summed E-state index contributed by atoms with van der Waals surface area (Å²) in [6.07, 6.45) is 10.6. The van der Waals surface area contributed by atoms with Crippen LogP contribution in [0, 0.1) is 40.7 Å². The Morgan fingerprint density at radius 2 is 1.80 bits per heavy atom. The number of benzene rings is 1. The van der Waals surface area contributed by atoms with Crippen molar-refractivity contribution in [1.82, 2.24) is 25.0 Å². The van der Waals surface area contributed by atoms with Gasteiger partial charge in [-0.05, 0) is 94.1 Å². The van der Waals surface area contributed by atoms with Gasteiger partial charge in [0.2, 0.25) is 0 Å². The third kappa shape index (κ3) is 13.4. The van der Waals surface area contributed by atoms with Crippen LogP contribution in [0.3, 0.4) is 0 Å². The highest BCUT2D eigenvalue weighted by Crippen LogP contribution is 2.50. The van der Waals surface area contributed by atoms with Crippen LogP contribution in [-0.2, 0) is 55.6 Å². The van der Waals surface area contributed by atoms with Gasteiger partial charge in [0, 0.05) is 42.9 Å². The third-order valence-electron chi connectivity index (χ3n) is 17.1. The number of aryl methyl sites for hydroxylation is 1. The summed E-state index contributed by atoms with van der Waals surface area (Å²) in [5.41, 5.74) is 1.01. The zero-order chi connectivity index (χ0) is 58.9. The molecule has 5 aliphatic rings. The minimum atomic E-state index is -2.42.